The zero-order valence-electron chi connectivity index (χ0n) is 14.3. The largest absolute Gasteiger partial charge is 0.480 e. The van der Waals surface area contributed by atoms with Crippen LogP contribution in [0.4, 0.5) is 0 Å². The Kier molecular flexibility index (Phi) is 5.29. The molecule has 26 heavy (non-hydrogen) atoms. The molecule has 1 fully saturated rings. The number of rotatable bonds is 5. The molecule has 134 valence electrons. The molecule has 0 aliphatic carbocycles. The average molecular weight is 387 g/mol. The maximum Gasteiger partial charge on any atom is 0.326 e. The number of aryl methyl sites for hydroxylation is 1. The second-order valence-corrected chi connectivity index (χ2v) is 7.49. The molecule has 0 radical (unpaired) electrons. The predicted molar refractivity (Wildman–Crippen MR) is 106 cm³/mol. The Morgan fingerprint density at radius 3 is 2.62 bits per heavy atom. The quantitative estimate of drug-likeness (QED) is 0.613. The molecular formula is C19H17NO4S2. The molecule has 0 bridgehead atoms. The van der Waals surface area contributed by atoms with Gasteiger partial charge in [0.05, 0.1) is 4.91 Å². The first-order valence-corrected chi connectivity index (χ1v) is 9.32. The highest BCUT2D eigenvalue weighted by Crippen LogP contribution is 2.34. The van der Waals surface area contributed by atoms with Crippen molar-refractivity contribution >= 4 is 46.3 Å². The minimum atomic E-state index is -1.10. The topological polar surface area (TPSA) is 70.8 Å². The lowest BCUT2D eigenvalue weighted by atomic mass is 10.1. The van der Waals surface area contributed by atoms with Crippen molar-refractivity contribution in [3.63, 3.8) is 0 Å². The Bertz CT molecular complexity index is 899. The summed E-state index contributed by atoms with van der Waals surface area (Å²) in [6.07, 6.45) is 2.57. The SMILES string of the molecule is CCc1ccc(-c2ccc(/C=C3\SC(=S)N(C(C)C(=O)O)C3=O)o2)cc1. The summed E-state index contributed by atoms with van der Waals surface area (Å²) in [7, 11) is 0. The van der Waals surface area contributed by atoms with Gasteiger partial charge in [-0.1, -0.05) is 55.2 Å². The van der Waals surface area contributed by atoms with Gasteiger partial charge in [-0.2, -0.15) is 0 Å². The first-order valence-electron chi connectivity index (χ1n) is 8.09. The minimum absolute atomic E-state index is 0.234. The zero-order chi connectivity index (χ0) is 18.8. The summed E-state index contributed by atoms with van der Waals surface area (Å²) in [5.74, 6) is -0.296. The average Bonchev–Trinajstić information content (AvgIpc) is 3.19. The first kappa shape index (κ1) is 18.4. The molecule has 1 amide bonds. The van der Waals surface area contributed by atoms with E-state index in [2.05, 4.69) is 19.1 Å². The molecule has 2 heterocycles. The lowest BCUT2D eigenvalue weighted by Crippen LogP contribution is -2.41. The highest BCUT2D eigenvalue weighted by atomic mass is 32.2. The number of carbonyl (C=O) groups is 2. The molecule has 7 heteroatoms. The first-order chi connectivity index (χ1) is 12.4. The molecule has 1 atom stereocenters. The second kappa shape index (κ2) is 7.47. The third-order valence-corrected chi connectivity index (χ3v) is 5.45. The van der Waals surface area contributed by atoms with E-state index >= 15 is 0 Å². The molecule has 0 saturated carbocycles. The fourth-order valence-corrected chi connectivity index (χ4v) is 3.94. The van der Waals surface area contributed by atoms with Crippen molar-refractivity contribution in [1.29, 1.82) is 0 Å². The standard InChI is InChI=1S/C19H17NO4S2/c1-3-12-4-6-13(7-5-12)15-9-8-14(24-15)10-16-17(21)20(19(25)26-16)11(2)18(22)23/h4-11H,3H2,1-2H3,(H,22,23)/b16-10-. The summed E-state index contributed by atoms with van der Waals surface area (Å²) in [4.78, 5) is 25.1. The van der Waals surface area contributed by atoms with Crippen molar-refractivity contribution in [3.8, 4) is 11.3 Å². The molecule has 1 aliphatic rings. The van der Waals surface area contributed by atoms with Crippen LogP contribution in [0.2, 0.25) is 0 Å². The van der Waals surface area contributed by atoms with Crippen LogP contribution in [0.25, 0.3) is 17.4 Å². The number of aliphatic carboxylic acids is 1. The van der Waals surface area contributed by atoms with Crippen LogP contribution in [0.3, 0.4) is 0 Å². The second-order valence-electron chi connectivity index (χ2n) is 5.82. The Labute approximate surface area is 160 Å². The molecule has 3 rings (SSSR count). The van der Waals surface area contributed by atoms with E-state index in [4.69, 9.17) is 21.7 Å². The van der Waals surface area contributed by atoms with E-state index < -0.39 is 17.9 Å². The molecule has 1 N–H and O–H groups in total. The van der Waals surface area contributed by atoms with Crippen LogP contribution in [0.1, 0.15) is 25.2 Å². The maximum atomic E-state index is 12.5. The third-order valence-electron chi connectivity index (χ3n) is 4.12. The van der Waals surface area contributed by atoms with Gasteiger partial charge in [-0.25, -0.2) is 4.79 Å². The number of amides is 1. The van der Waals surface area contributed by atoms with Gasteiger partial charge in [-0.05, 0) is 31.0 Å². The molecule has 1 unspecified atom stereocenters. The predicted octanol–water partition coefficient (Wildman–Crippen LogP) is 4.18. The van der Waals surface area contributed by atoms with Crippen molar-refractivity contribution in [2.45, 2.75) is 26.3 Å². The number of nitrogens with zero attached hydrogens (tertiary/aromatic N) is 1. The Hall–Kier alpha value is -2.38. The summed E-state index contributed by atoms with van der Waals surface area (Å²) in [5, 5.41) is 9.12. The van der Waals surface area contributed by atoms with Gasteiger partial charge >= 0.3 is 5.97 Å². The van der Waals surface area contributed by atoms with Gasteiger partial charge in [0.25, 0.3) is 5.91 Å². The lowest BCUT2D eigenvalue weighted by Gasteiger charge is -2.18. The fraction of sp³-hybridized carbons (Fsp3) is 0.211. The minimum Gasteiger partial charge on any atom is -0.480 e. The molecule has 2 aromatic rings. The number of hydrogen-bond donors (Lipinski definition) is 1. The third kappa shape index (κ3) is 3.59. The van der Waals surface area contributed by atoms with Crippen molar-refractivity contribution in [3.05, 3.63) is 52.6 Å². The van der Waals surface area contributed by atoms with Gasteiger partial charge in [-0.3, -0.25) is 9.69 Å². The number of carboxylic acid groups (broad SMARTS) is 1. The fourth-order valence-electron chi connectivity index (χ4n) is 2.54. The van der Waals surface area contributed by atoms with Gasteiger partial charge in [-0.15, -0.1) is 0 Å². The van der Waals surface area contributed by atoms with Gasteiger partial charge in [0.2, 0.25) is 0 Å². The monoisotopic (exact) mass is 387 g/mol. The summed E-state index contributed by atoms with van der Waals surface area (Å²) in [6.45, 7) is 3.53. The molecule has 1 saturated heterocycles. The van der Waals surface area contributed by atoms with E-state index in [0.717, 1.165) is 28.6 Å². The van der Waals surface area contributed by atoms with E-state index in [1.54, 1.807) is 12.1 Å². The van der Waals surface area contributed by atoms with E-state index in [1.807, 2.05) is 18.2 Å². The van der Waals surface area contributed by atoms with E-state index in [9.17, 15) is 9.59 Å². The summed E-state index contributed by atoms with van der Waals surface area (Å²) in [6, 6.07) is 10.7. The Morgan fingerprint density at radius 1 is 1.31 bits per heavy atom. The van der Waals surface area contributed by atoms with Crippen molar-refractivity contribution < 1.29 is 19.1 Å². The molecule has 0 spiro atoms. The smallest absolute Gasteiger partial charge is 0.326 e. The number of thiocarbonyl (C=S) groups is 1. The number of hydrogen-bond acceptors (Lipinski definition) is 5. The van der Waals surface area contributed by atoms with Crippen LogP contribution >= 0.6 is 24.0 Å². The van der Waals surface area contributed by atoms with Gasteiger partial charge in [0.15, 0.2) is 0 Å². The number of carbonyl (C=O) groups excluding carboxylic acids is 1. The van der Waals surface area contributed by atoms with Gasteiger partial charge in [0.1, 0.15) is 21.9 Å². The Morgan fingerprint density at radius 2 is 2.00 bits per heavy atom. The van der Waals surface area contributed by atoms with E-state index in [0.29, 0.717) is 16.4 Å². The molecule has 1 aliphatic heterocycles. The van der Waals surface area contributed by atoms with Crippen molar-refractivity contribution in [2.24, 2.45) is 0 Å². The van der Waals surface area contributed by atoms with Crippen LogP contribution in [-0.4, -0.2) is 32.2 Å². The zero-order valence-corrected chi connectivity index (χ0v) is 15.9. The normalized spacial score (nSPS) is 17.2. The van der Waals surface area contributed by atoms with E-state index in [-0.39, 0.29) is 4.32 Å². The summed E-state index contributed by atoms with van der Waals surface area (Å²) in [5.41, 5.74) is 2.20. The number of benzene rings is 1. The van der Waals surface area contributed by atoms with Crippen LogP contribution in [-0.2, 0) is 16.0 Å². The number of thioether (sulfide) groups is 1. The van der Waals surface area contributed by atoms with E-state index in [1.165, 1.54) is 12.5 Å². The van der Waals surface area contributed by atoms with Gasteiger partial charge < -0.3 is 9.52 Å². The molecule has 5 nitrogen and oxygen atoms in total. The molecule has 1 aromatic carbocycles. The highest BCUT2D eigenvalue weighted by Gasteiger charge is 2.38. The van der Waals surface area contributed by atoms with Crippen molar-refractivity contribution in [1.82, 2.24) is 4.90 Å². The summed E-state index contributed by atoms with van der Waals surface area (Å²) < 4.78 is 6.05. The van der Waals surface area contributed by atoms with Crippen LogP contribution in [0.15, 0.2) is 45.7 Å². The van der Waals surface area contributed by atoms with Crippen molar-refractivity contribution in [2.75, 3.05) is 0 Å². The van der Waals surface area contributed by atoms with Crippen LogP contribution < -0.4 is 0 Å². The molecular weight excluding hydrogens is 370 g/mol. The molecule has 1 aromatic heterocycles. The lowest BCUT2D eigenvalue weighted by molar-refractivity contribution is -0.144. The van der Waals surface area contributed by atoms with Crippen LogP contribution in [0.5, 0.6) is 0 Å². The maximum absolute atomic E-state index is 12.5. The number of furan rings is 1. The summed E-state index contributed by atoms with van der Waals surface area (Å²) >= 11 is 6.22. The Balaban J connectivity index is 1.82. The van der Waals surface area contributed by atoms with Gasteiger partial charge in [0, 0.05) is 11.6 Å². The number of carboxylic acids is 1. The van der Waals surface area contributed by atoms with Crippen LogP contribution in [0, 0.1) is 0 Å². The highest BCUT2D eigenvalue weighted by molar-refractivity contribution is 8.26.